The van der Waals surface area contributed by atoms with Crippen molar-refractivity contribution in [2.24, 2.45) is 0 Å². The molecule has 148 valence electrons. The van der Waals surface area contributed by atoms with Gasteiger partial charge in [0.2, 0.25) is 12.2 Å². The standard InChI is InChI=1S/C14H19NO9S.H3N/c1-8(17)15-11-13(24-25(19,20)21)12(18)10(7-16)23-14(11)22-9-5-3-2-4-6-9;/h2-6,10-14,16,18H,7H2,1H3,(H,15,17)(H,19,20,21);1H3/t10-,11-,12+,13-,14+;/m1./s1. The van der Waals surface area contributed by atoms with E-state index in [1.807, 2.05) is 0 Å². The molecule has 0 spiro atoms. The van der Waals surface area contributed by atoms with E-state index in [9.17, 15) is 23.4 Å². The number of carbonyl (C=O) groups is 1. The minimum absolute atomic E-state index is 0. The minimum atomic E-state index is -4.96. The summed E-state index contributed by atoms with van der Waals surface area (Å²) in [5.41, 5.74) is 0. The number of para-hydroxylation sites is 1. The lowest BCUT2D eigenvalue weighted by atomic mass is 9.97. The van der Waals surface area contributed by atoms with Crippen molar-refractivity contribution in [1.82, 2.24) is 11.5 Å². The van der Waals surface area contributed by atoms with Crippen molar-refractivity contribution >= 4 is 16.3 Å². The lowest BCUT2D eigenvalue weighted by Gasteiger charge is -2.43. The highest BCUT2D eigenvalue weighted by Crippen LogP contribution is 2.27. The van der Waals surface area contributed by atoms with Crippen molar-refractivity contribution in [3.05, 3.63) is 30.3 Å². The van der Waals surface area contributed by atoms with Crippen LogP contribution in [0.25, 0.3) is 0 Å². The third-order valence-electron chi connectivity index (χ3n) is 3.45. The van der Waals surface area contributed by atoms with Crippen LogP contribution in [0.5, 0.6) is 5.75 Å². The van der Waals surface area contributed by atoms with Crippen LogP contribution >= 0.6 is 0 Å². The summed E-state index contributed by atoms with van der Waals surface area (Å²) in [6.45, 7) is 0.489. The maximum atomic E-state index is 11.5. The van der Waals surface area contributed by atoms with Gasteiger partial charge in [-0.25, -0.2) is 4.18 Å². The Hall–Kier alpha value is -1.80. The van der Waals surface area contributed by atoms with Crippen LogP contribution < -0.4 is 16.2 Å². The van der Waals surface area contributed by atoms with Gasteiger partial charge in [-0.15, -0.1) is 0 Å². The van der Waals surface area contributed by atoms with Crippen LogP contribution in [-0.2, 0) is 24.1 Å². The van der Waals surface area contributed by atoms with Gasteiger partial charge in [-0.2, -0.15) is 8.42 Å². The molecular weight excluding hydrogens is 372 g/mol. The number of benzene rings is 1. The zero-order chi connectivity index (χ0) is 18.6. The summed E-state index contributed by atoms with van der Waals surface area (Å²) in [6, 6.07) is 6.99. The molecule has 0 radical (unpaired) electrons. The zero-order valence-electron chi connectivity index (χ0n) is 13.9. The molecule has 2 rings (SSSR count). The molecule has 11 nitrogen and oxygen atoms in total. The van der Waals surface area contributed by atoms with Crippen molar-refractivity contribution in [3.8, 4) is 5.75 Å². The summed E-state index contributed by atoms with van der Waals surface area (Å²) in [6.07, 6.45) is -5.85. The molecule has 0 unspecified atom stereocenters. The van der Waals surface area contributed by atoms with Crippen LogP contribution in [-0.4, -0.2) is 66.3 Å². The predicted molar refractivity (Wildman–Crippen MR) is 87.9 cm³/mol. The second-order valence-corrected chi connectivity index (χ2v) is 6.41. The molecule has 1 aliphatic rings. The normalized spacial score (nSPS) is 28.7. The Balaban J connectivity index is 0.00000338. The van der Waals surface area contributed by atoms with Crippen molar-refractivity contribution in [1.29, 1.82) is 0 Å². The van der Waals surface area contributed by atoms with Gasteiger partial charge in [0.1, 0.15) is 30.1 Å². The number of rotatable bonds is 6. The number of ether oxygens (including phenoxy) is 2. The second kappa shape index (κ2) is 9.23. The number of carbonyl (C=O) groups excluding carboxylic acids is 1. The van der Waals surface area contributed by atoms with Crippen molar-refractivity contribution in [2.45, 2.75) is 37.6 Å². The van der Waals surface area contributed by atoms with Gasteiger partial charge in [0.15, 0.2) is 0 Å². The van der Waals surface area contributed by atoms with E-state index in [0.717, 1.165) is 6.92 Å². The molecule has 1 fully saturated rings. The molecule has 1 aromatic carbocycles. The molecule has 0 bridgehead atoms. The first kappa shape index (κ1) is 22.2. The molecule has 0 aliphatic carbocycles. The van der Waals surface area contributed by atoms with Gasteiger partial charge in [-0.3, -0.25) is 9.35 Å². The fourth-order valence-electron chi connectivity index (χ4n) is 2.44. The van der Waals surface area contributed by atoms with E-state index in [4.69, 9.17) is 14.0 Å². The van der Waals surface area contributed by atoms with E-state index >= 15 is 0 Å². The van der Waals surface area contributed by atoms with Gasteiger partial charge < -0.3 is 31.2 Å². The van der Waals surface area contributed by atoms with Gasteiger partial charge in [0.25, 0.3) is 0 Å². The van der Waals surface area contributed by atoms with Crippen LogP contribution in [0.3, 0.4) is 0 Å². The second-order valence-electron chi connectivity index (χ2n) is 5.36. The molecule has 1 aliphatic heterocycles. The largest absolute Gasteiger partial charge is 0.463 e. The highest BCUT2D eigenvalue weighted by Gasteiger charge is 2.49. The minimum Gasteiger partial charge on any atom is -0.463 e. The monoisotopic (exact) mass is 394 g/mol. The average Bonchev–Trinajstić information content (AvgIpc) is 2.53. The molecule has 0 aromatic heterocycles. The van der Waals surface area contributed by atoms with E-state index in [1.165, 1.54) is 0 Å². The summed E-state index contributed by atoms with van der Waals surface area (Å²) in [4.78, 5) is 11.5. The van der Waals surface area contributed by atoms with Gasteiger partial charge in [-0.1, -0.05) is 18.2 Å². The molecule has 1 heterocycles. The predicted octanol–water partition coefficient (Wildman–Crippen LogP) is -1.00. The van der Waals surface area contributed by atoms with Gasteiger partial charge in [0.05, 0.1) is 6.61 Å². The Bertz CT molecular complexity index is 685. The number of hydrogen-bond donors (Lipinski definition) is 5. The van der Waals surface area contributed by atoms with Crippen LogP contribution in [0.15, 0.2) is 30.3 Å². The first-order valence-corrected chi connectivity index (χ1v) is 8.66. The van der Waals surface area contributed by atoms with Crippen molar-refractivity contribution in [2.75, 3.05) is 6.61 Å². The Morgan fingerprint density at radius 1 is 1.31 bits per heavy atom. The highest BCUT2D eigenvalue weighted by molar-refractivity contribution is 7.80. The number of nitrogens with one attached hydrogen (secondary N) is 1. The van der Waals surface area contributed by atoms with Crippen molar-refractivity contribution < 1.29 is 41.6 Å². The molecule has 1 saturated heterocycles. The van der Waals surface area contributed by atoms with Gasteiger partial charge in [0, 0.05) is 6.92 Å². The Labute approximate surface area is 150 Å². The van der Waals surface area contributed by atoms with Crippen LogP contribution in [0.2, 0.25) is 0 Å². The average molecular weight is 394 g/mol. The molecule has 26 heavy (non-hydrogen) atoms. The van der Waals surface area contributed by atoms with E-state index in [0.29, 0.717) is 5.75 Å². The summed E-state index contributed by atoms with van der Waals surface area (Å²) in [5, 5.41) is 21.9. The van der Waals surface area contributed by atoms with Gasteiger partial charge in [-0.05, 0) is 12.1 Å². The van der Waals surface area contributed by atoms with E-state index in [-0.39, 0.29) is 6.15 Å². The lowest BCUT2D eigenvalue weighted by molar-refractivity contribution is -0.239. The SMILES string of the molecule is CC(=O)N[C@H]1[C@@H](Oc2ccccc2)O[C@H](CO)[C@H](O)[C@@H]1OS(=O)(=O)O.N. The summed E-state index contributed by atoms with van der Waals surface area (Å²) >= 11 is 0. The number of aliphatic hydroxyl groups is 2. The first-order chi connectivity index (χ1) is 11.7. The molecule has 0 saturated carbocycles. The fourth-order valence-corrected chi connectivity index (χ4v) is 2.96. The zero-order valence-corrected chi connectivity index (χ0v) is 14.7. The van der Waals surface area contributed by atoms with E-state index < -0.39 is 53.6 Å². The molecule has 12 heteroatoms. The van der Waals surface area contributed by atoms with Crippen molar-refractivity contribution in [3.63, 3.8) is 0 Å². The number of hydrogen-bond acceptors (Lipinski definition) is 9. The smallest absolute Gasteiger partial charge is 0.397 e. The molecule has 1 aromatic rings. The summed E-state index contributed by atoms with van der Waals surface area (Å²) < 4.78 is 46.7. The molecular formula is C14H22N2O9S. The van der Waals surface area contributed by atoms with Gasteiger partial charge >= 0.3 is 10.4 Å². The lowest BCUT2D eigenvalue weighted by Crippen LogP contribution is -2.66. The highest BCUT2D eigenvalue weighted by atomic mass is 32.3. The van der Waals surface area contributed by atoms with E-state index in [1.54, 1.807) is 30.3 Å². The quantitative estimate of drug-likeness (QED) is 0.374. The summed E-state index contributed by atoms with van der Waals surface area (Å²) in [7, 11) is -4.96. The topological polar surface area (TPSA) is 187 Å². The van der Waals surface area contributed by atoms with E-state index in [2.05, 4.69) is 9.50 Å². The Kier molecular flexibility index (Phi) is 7.89. The number of amides is 1. The fraction of sp³-hybridized carbons (Fsp3) is 0.500. The Morgan fingerprint density at radius 2 is 1.92 bits per heavy atom. The van der Waals surface area contributed by atoms with Crippen LogP contribution in [0.1, 0.15) is 6.92 Å². The summed E-state index contributed by atoms with van der Waals surface area (Å²) in [5.74, 6) is -0.240. The number of aliphatic hydroxyl groups excluding tert-OH is 2. The molecule has 7 N–H and O–H groups in total. The third-order valence-corrected chi connectivity index (χ3v) is 3.92. The third kappa shape index (κ3) is 5.88. The molecule has 5 atom stereocenters. The maximum absolute atomic E-state index is 11.5. The first-order valence-electron chi connectivity index (χ1n) is 7.30. The van der Waals surface area contributed by atoms with Crippen LogP contribution in [0, 0.1) is 0 Å². The molecule has 1 amide bonds. The Morgan fingerprint density at radius 3 is 2.42 bits per heavy atom. The van der Waals surface area contributed by atoms with Crippen LogP contribution in [0.4, 0.5) is 0 Å². The maximum Gasteiger partial charge on any atom is 0.397 e.